The maximum Gasteiger partial charge on any atom is 0.273 e. The lowest BCUT2D eigenvalue weighted by molar-refractivity contribution is -0.750. The van der Waals surface area contributed by atoms with E-state index in [0.29, 0.717) is 11.6 Å². The van der Waals surface area contributed by atoms with Gasteiger partial charge in [0.2, 0.25) is 0 Å². The maximum atomic E-state index is 11.2. The molecule has 0 N–H and O–H groups in total. The summed E-state index contributed by atoms with van der Waals surface area (Å²) >= 11 is 0. The van der Waals surface area contributed by atoms with E-state index >= 15 is 0 Å². The summed E-state index contributed by atoms with van der Waals surface area (Å²) in [5.74, 6) is 0.946. The van der Waals surface area contributed by atoms with Gasteiger partial charge >= 0.3 is 0 Å². The van der Waals surface area contributed by atoms with E-state index in [1.807, 2.05) is 0 Å². The summed E-state index contributed by atoms with van der Waals surface area (Å²) in [4.78, 5) is 8.29. The molecule has 0 unspecified atom stereocenters. The highest BCUT2D eigenvalue weighted by molar-refractivity contribution is 7.86. The molecule has 0 aliphatic heterocycles. The first-order valence-electron chi connectivity index (χ1n) is 6.04. The topological polar surface area (TPSA) is 95.2 Å². The van der Waals surface area contributed by atoms with E-state index in [1.165, 1.54) is 4.68 Å². The first-order valence-corrected chi connectivity index (χ1v) is 7.62. The smallest absolute Gasteiger partial charge is 0.273 e. The molecule has 0 aliphatic rings. The Morgan fingerprint density at radius 1 is 1.19 bits per heavy atom. The Morgan fingerprint density at radius 3 is 2.43 bits per heavy atom. The summed E-state index contributed by atoms with van der Waals surface area (Å²) in [5, 5.41) is 4.12. The molecule has 2 rings (SSSR count). The third-order valence-electron chi connectivity index (χ3n) is 2.72. The summed E-state index contributed by atoms with van der Waals surface area (Å²) in [7, 11) is -0.810. The van der Waals surface area contributed by atoms with E-state index in [-0.39, 0.29) is 12.3 Å². The highest BCUT2D eigenvalue weighted by atomic mass is 32.2. The lowest BCUT2D eigenvalue weighted by Crippen LogP contribution is -2.40. The van der Waals surface area contributed by atoms with Gasteiger partial charge < -0.3 is 4.74 Å². The lowest BCUT2D eigenvalue weighted by atomic mass is 10.3. The Hall–Kier alpha value is -2.13. The predicted molar refractivity (Wildman–Crippen MR) is 72.8 cm³/mol. The Kier molecular flexibility index (Phi) is 4.76. The standard InChI is InChI=1S/C12H15N4O4S/c1-19-11-8-13-12(14-9-11)10-3-4-16(15-7-10)5-6-21(17,18)20-2/h3-4,7-9H,5-6H2,1-2H3/q+1. The molecule has 0 spiro atoms. The van der Waals surface area contributed by atoms with Crippen LogP contribution in [0.2, 0.25) is 0 Å². The summed E-state index contributed by atoms with van der Waals surface area (Å²) in [6.45, 7) is 0.208. The van der Waals surface area contributed by atoms with Crippen LogP contribution in [0.25, 0.3) is 11.4 Å². The van der Waals surface area contributed by atoms with Gasteiger partial charge in [0.05, 0.1) is 26.6 Å². The molecule has 0 saturated carbocycles. The van der Waals surface area contributed by atoms with Crippen molar-refractivity contribution in [2.24, 2.45) is 0 Å². The zero-order valence-electron chi connectivity index (χ0n) is 11.6. The summed E-state index contributed by atoms with van der Waals surface area (Å²) in [6.07, 6.45) is 6.36. The zero-order chi connectivity index (χ0) is 15.3. The van der Waals surface area contributed by atoms with Gasteiger partial charge in [0, 0.05) is 11.6 Å². The molecular weight excluding hydrogens is 296 g/mol. The Balaban J connectivity index is 2.07. The predicted octanol–water partition coefficient (Wildman–Crippen LogP) is -0.189. The van der Waals surface area contributed by atoms with Crippen molar-refractivity contribution in [1.82, 2.24) is 15.1 Å². The number of methoxy groups -OCH3 is 1. The van der Waals surface area contributed by atoms with Crippen molar-refractivity contribution in [2.75, 3.05) is 20.0 Å². The Morgan fingerprint density at radius 2 is 1.90 bits per heavy atom. The first kappa shape index (κ1) is 15.3. The van der Waals surface area contributed by atoms with E-state index in [1.54, 1.807) is 38.0 Å². The van der Waals surface area contributed by atoms with Crippen LogP contribution in [0.5, 0.6) is 5.75 Å². The zero-order valence-corrected chi connectivity index (χ0v) is 12.4. The maximum absolute atomic E-state index is 11.2. The monoisotopic (exact) mass is 311 g/mol. The fraction of sp³-hybridized carbons (Fsp3) is 0.333. The molecule has 2 aromatic rings. The van der Waals surface area contributed by atoms with Gasteiger partial charge in [-0.15, -0.1) is 0 Å². The second-order valence-electron chi connectivity index (χ2n) is 4.05. The van der Waals surface area contributed by atoms with Gasteiger partial charge in [-0.1, -0.05) is 4.68 Å². The van der Waals surface area contributed by atoms with Crippen LogP contribution in [-0.2, 0) is 20.8 Å². The van der Waals surface area contributed by atoms with Crippen LogP contribution in [-0.4, -0.2) is 43.5 Å². The fourth-order valence-corrected chi connectivity index (χ4v) is 2.09. The number of hydrogen-bond acceptors (Lipinski definition) is 7. The van der Waals surface area contributed by atoms with Crippen LogP contribution in [0.1, 0.15) is 0 Å². The Labute approximate surface area is 122 Å². The number of aryl methyl sites for hydroxylation is 1. The number of ether oxygens (including phenoxy) is 1. The highest BCUT2D eigenvalue weighted by Crippen LogP contribution is 2.13. The van der Waals surface area contributed by atoms with Crippen LogP contribution in [0.4, 0.5) is 0 Å². The number of aromatic nitrogens is 4. The van der Waals surface area contributed by atoms with Crippen molar-refractivity contribution in [3.63, 3.8) is 0 Å². The molecule has 0 fully saturated rings. The average molecular weight is 311 g/mol. The van der Waals surface area contributed by atoms with Crippen molar-refractivity contribution in [3.8, 4) is 17.1 Å². The van der Waals surface area contributed by atoms with Gasteiger partial charge in [-0.05, 0) is 5.10 Å². The van der Waals surface area contributed by atoms with Crippen molar-refractivity contribution in [1.29, 1.82) is 0 Å². The molecule has 0 aliphatic carbocycles. The molecule has 0 bridgehead atoms. The summed E-state index contributed by atoms with van der Waals surface area (Å²) in [6, 6.07) is 1.76. The first-order chi connectivity index (χ1) is 10.0. The minimum atomic E-state index is -3.49. The minimum absolute atomic E-state index is 0.139. The summed E-state index contributed by atoms with van der Waals surface area (Å²) < 4.78 is 33.3. The molecule has 8 nitrogen and oxygen atoms in total. The fourth-order valence-electron chi connectivity index (χ4n) is 1.51. The van der Waals surface area contributed by atoms with Crippen LogP contribution in [0, 0.1) is 0 Å². The molecule has 0 amide bonds. The second-order valence-corrected chi connectivity index (χ2v) is 5.91. The van der Waals surface area contributed by atoms with Crippen molar-refractivity contribution in [2.45, 2.75) is 6.54 Å². The molecule has 0 saturated heterocycles. The third kappa shape index (κ3) is 4.17. The molecule has 112 valence electrons. The van der Waals surface area contributed by atoms with Gasteiger partial charge in [0.15, 0.2) is 24.3 Å². The largest absolute Gasteiger partial charge is 0.494 e. The van der Waals surface area contributed by atoms with E-state index in [0.717, 1.165) is 12.7 Å². The normalized spacial score (nSPS) is 11.3. The van der Waals surface area contributed by atoms with Gasteiger partial charge in [-0.25, -0.2) is 9.97 Å². The third-order valence-corrected chi connectivity index (χ3v) is 3.91. The molecule has 0 radical (unpaired) electrons. The van der Waals surface area contributed by atoms with E-state index in [2.05, 4.69) is 19.2 Å². The minimum Gasteiger partial charge on any atom is -0.494 e. The van der Waals surface area contributed by atoms with Crippen molar-refractivity contribution in [3.05, 3.63) is 30.9 Å². The number of hydrogen-bond donors (Lipinski definition) is 0. The molecule has 2 heterocycles. The average Bonchev–Trinajstić information content (AvgIpc) is 2.54. The van der Waals surface area contributed by atoms with Crippen LogP contribution in [0.3, 0.4) is 0 Å². The highest BCUT2D eigenvalue weighted by Gasteiger charge is 2.14. The van der Waals surface area contributed by atoms with Crippen LogP contribution in [0.15, 0.2) is 30.9 Å². The molecule has 9 heteroatoms. The molecule has 2 aromatic heterocycles. The molecule has 0 atom stereocenters. The van der Waals surface area contributed by atoms with Crippen molar-refractivity contribution < 1.29 is 22.0 Å². The van der Waals surface area contributed by atoms with E-state index < -0.39 is 10.1 Å². The van der Waals surface area contributed by atoms with Gasteiger partial charge in [-0.2, -0.15) is 8.42 Å². The molecule has 21 heavy (non-hydrogen) atoms. The van der Waals surface area contributed by atoms with Gasteiger partial charge in [-0.3, -0.25) is 4.18 Å². The second kappa shape index (κ2) is 6.55. The van der Waals surface area contributed by atoms with E-state index in [4.69, 9.17) is 4.74 Å². The van der Waals surface area contributed by atoms with Crippen LogP contribution >= 0.6 is 0 Å². The van der Waals surface area contributed by atoms with Gasteiger partial charge in [0.1, 0.15) is 11.9 Å². The molecular formula is C12H15N4O4S+. The SMILES string of the molecule is COc1cnc(-c2cc[n+](CCS(=O)(=O)OC)nc2)nc1. The van der Waals surface area contributed by atoms with E-state index in [9.17, 15) is 8.42 Å². The van der Waals surface area contributed by atoms with Gasteiger partial charge in [0.25, 0.3) is 10.1 Å². The number of rotatable bonds is 6. The quantitative estimate of drug-likeness (QED) is 0.539. The summed E-state index contributed by atoms with van der Waals surface area (Å²) in [5.41, 5.74) is 0.725. The lowest BCUT2D eigenvalue weighted by Gasteiger charge is -2.01. The Bertz CT molecular complexity index is 686. The number of nitrogens with zero attached hydrogens (tertiary/aromatic N) is 4. The van der Waals surface area contributed by atoms with Crippen LogP contribution < -0.4 is 9.42 Å². The molecule has 0 aromatic carbocycles. The van der Waals surface area contributed by atoms with Crippen molar-refractivity contribution >= 4 is 10.1 Å².